The SMILES string of the molecule is CSC1CCC(NCc2cc(Cl)ccc2O)C1. The number of aromatic hydroxyl groups is 1. The van der Waals surface area contributed by atoms with Crippen LogP contribution < -0.4 is 5.32 Å². The van der Waals surface area contributed by atoms with Crippen molar-refractivity contribution in [2.45, 2.75) is 37.1 Å². The van der Waals surface area contributed by atoms with Crippen molar-refractivity contribution in [3.05, 3.63) is 28.8 Å². The number of phenolic OH excluding ortho intramolecular Hbond substituents is 1. The fourth-order valence-corrected chi connectivity index (χ4v) is 3.28. The van der Waals surface area contributed by atoms with Gasteiger partial charge in [0.1, 0.15) is 5.75 Å². The topological polar surface area (TPSA) is 32.3 Å². The maximum atomic E-state index is 9.70. The van der Waals surface area contributed by atoms with E-state index >= 15 is 0 Å². The second-order valence-electron chi connectivity index (χ2n) is 4.52. The zero-order valence-electron chi connectivity index (χ0n) is 9.95. The minimum Gasteiger partial charge on any atom is -0.508 e. The fraction of sp³-hybridized carbons (Fsp3) is 0.538. The lowest BCUT2D eigenvalue weighted by Crippen LogP contribution is -2.26. The Morgan fingerprint density at radius 2 is 2.29 bits per heavy atom. The van der Waals surface area contributed by atoms with Crippen LogP contribution in [0, 0.1) is 0 Å². The molecule has 2 N–H and O–H groups in total. The van der Waals surface area contributed by atoms with Crippen LogP contribution in [0.1, 0.15) is 24.8 Å². The number of thioether (sulfide) groups is 1. The van der Waals surface area contributed by atoms with E-state index < -0.39 is 0 Å². The Hall–Kier alpha value is -0.380. The zero-order chi connectivity index (χ0) is 12.3. The summed E-state index contributed by atoms with van der Waals surface area (Å²) < 4.78 is 0. The highest BCUT2D eigenvalue weighted by atomic mass is 35.5. The van der Waals surface area contributed by atoms with Crippen molar-refractivity contribution in [2.75, 3.05) is 6.26 Å². The molecule has 17 heavy (non-hydrogen) atoms. The molecular weight excluding hydrogens is 254 g/mol. The third kappa shape index (κ3) is 3.54. The lowest BCUT2D eigenvalue weighted by molar-refractivity contribution is 0.456. The van der Waals surface area contributed by atoms with E-state index in [1.807, 2.05) is 17.8 Å². The number of nitrogens with one attached hydrogen (secondary N) is 1. The van der Waals surface area contributed by atoms with Crippen LogP contribution in [0.5, 0.6) is 5.75 Å². The third-order valence-electron chi connectivity index (χ3n) is 3.34. The summed E-state index contributed by atoms with van der Waals surface area (Å²) in [6, 6.07) is 5.76. The van der Waals surface area contributed by atoms with Gasteiger partial charge in [-0.15, -0.1) is 0 Å². The molecular formula is C13H18ClNOS. The summed E-state index contributed by atoms with van der Waals surface area (Å²) in [5, 5.41) is 14.7. The minimum atomic E-state index is 0.321. The quantitative estimate of drug-likeness (QED) is 0.880. The summed E-state index contributed by atoms with van der Waals surface area (Å²) >= 11 is 7.87. The van der Waals surface area contributed by atoms with E-state index in [0.29, 0.717) is 23.4 Å². The Morgan fingerprint density at radius 3 is 3.00 bits per heavy atom. The summed E-state index contributed by atoms with van der Waals surface area (Å²) in [7, 11) is 0. The molecule has 2 nitrogen and oxygen atoms in total. The molecule has 2 unspecified atom stereocenters. The lowest BCUT2D eigenvalue weighted by Gasteiger charge is -2.13. The van der Waals surface area contributed by atoms with E-state index in [1.54, 1.807) is 12.1 Å². The van der Waals surface area contributed by atoms with Gasteiger partial charge < -0.3 is 10.4 Å². The molecule has 1 aliphatic rings. The van der Waals surface area contributed by atoms with Crippen LogP contribution in [-0.2, 0) is 6.54 Å². The van der Waals surface area contributed by atoms with E-state index in [4.69, 9.17) is 11.6 Å². The van der Waals surface area contributed by atoms with Crippen molar-refractivity contribution in [1.82, 2.24) is 5.32 Å². The summed E-state index contributed by atoms with van der Waals surface area (Å²) in [6.07, 6.45) is 5.92. The average Bonchev–Trinajstić information content (AvgIpc) is 2.78. The molecule has 0 saturated heterocycles. The van der Waals surface area contributed by atoms with E-state index in [-0.39, 0.29) is 0 Å². The molecule has 2 atom stereocenters. The second kappa shape index (κ2) is 5.98. The molecule has 4 heteroatoms. The van der Waals surface area contributed by atoms with Crippen molar-refractivity contribution in [3.63, 3.8) is 0 Å². The van der Waals surface area contributed by atoms with E-state index in [0.717, 1.165) is 10.8 Å². The normalized spacial score (nSPS) is 24.1. The zero-order valence-corrected chi connectivity index (χ0v) is 11.5. The van der Waals surface area contributed by atoms with Crippen LogP contribution in [-0.4, -0.2) is 22.7 Å². The van der Waals surface area contributed by atoms with Crippen LogP contribution >= 0.6 is 23.4 Å². The molecule has 0 radical (unpaired) electrons. The van der Waals surface area contributed by atoms with Gasteiger partial charge in [0.05, 0.1) is 0 Å². The Morgan fingerprint density at radius 1 is 1.47 bits per heavy atom. The third-order valence-corrected chi connectivity index (χ3v) is 4.67. The second-order valence-corrected chi connectivity index (χ2v) is 6.10. The summed E-state index contributed by atoms with van der Waals surface area (Å²) in [6.45, 7) is 0.693. The molecule has 1 aliphatic carbocycles. The van der Waals surface area contributed by atoms with Crippen LogP contribution in [0.2, 0.25) is 5.02 Å². The van der Waals surface area contributed by atoms with Crippen molar-refractivity contribution in [1.29, 1.82) is 0 Å². The minimum absolute atomic E-state index is 0.321. The van der Waals surface area contributed by atoms with Gasteiger partial charge in [-0.1, -0.05) is 11.6 Å². The van der Waals surface area contributed by atoms with Crippen molar-refractivity contribution in [2.24, 2.45) is 0 Å². The van der Waals surface area contributed by atoms with E-state index in [1.165, 1.54) is 19.3 Å². The molecule has 0 aliphatic heterocycles. The molecule has 0 amide bonds. The lowest BCUT2D eigenvalue weighted by atomic mass is 10.1. The maximum absolute atomic E-state index is 9.70. The number of halogens is 1. The van der Waals surface area contributed by atoms with Gasteiger partial charge in [0, 0.05) is 28.4 Å². The smallest absolute Gasteiger partial charge is 0.120 e. The molecule has 0 spiro atoms. The van der Waals surface area contributed by atoms with Crippen molar-refractivity contribution < 1.29 is 5.11 Å². The summed E-state index contributed by atoms with van der Waals surface area (Å²) in [5.74, 6) is 0.321. The first-order valence-corrected chi connectivity index (χ1v) is 7.59. The van der Waals surface area contributed by atoms with Gasteiger partial charge in [-0.25, -0.2) is 0 Å². The molecule has 1 saturated carbocycles. The van der Waals surface area contributed by atoms with Gasteiger partial charge in [-0.2, -0.15) is 11.8 Å². The molecule has 0 heterocycles. The van der Waals surface area contributed by atoms with Crippen LogP contribution in [0.25, 0.3) is 0 Å². The fourth-order valence-electron chi connectivity index (χ4n) is 2.29. The standard InChI is InChI=1S/C13H18ClNOS/c1-17-12-4-3-11(7-12)15-8-9-6-10(14)2-5-13(9)16/h2,5-6,11-12,15-16H,3-4,7-8H2,1H3. The Labute approximate surface area is 112 Å². The number of hydrogen-bond donors (Lipinski definition) is 2. The highest BCUT2D eigenvalue weighted by Crippen LogP contribution is 2.29. The van der Waals surface area contributed by atoms with Crippen LogP contribution in [0.3, 0.4) is 0 Å². The average molecular weight is 272 g/mol. The number of phenols is 1. The first kappa shape index (κ1) is 13.1. The van der Waals surface area contributed by atoms with Crippen LogP contribution in [0.4, 0.5) is 0 Å². The van der Waals surface area contributed by atoms with Gasteiger partial charge in [0.2, 0.25) is 0 Å². The predicted octanol–water partition coefficient (Wildman–Crippen LogP) is 3.42. The number of rotatable bonds is 4. The summed E-state index contributed by atoms with van der Waals surface area (Å²) in [4.78, 5) is 0. The largest absolute Gasteiger partial charge is 0.508 e. The van der Waals surface area contributed by atoms with Gasteiger partial charge in [-0.05, 0) is 43.7 Å². The first-order chi connectivity index (χ1) is 8.19. The molecule has 1 aromatic carbocycles. The maximum Gasteiger partial charge on any atom is 0.120 e. The van der Waals surface area contributed by atoms with Crippen LogP contribution in [0.15, 0.2) is 18.2 Å². The number of benzene rings is 1. The molecule has 0 aromatic heterocycles. The van der Waals surface area contributed by atoms with Gasteiger partial charge >= 0.3 is 0 Å². The summed E-state index contributed by atoms with van der Waals surface area (Å²) in [5.41, 5.74) is 0.880. The van der Waals surface area contributed by atoms with Crippen molar-refractivity contribution in [3.8, 4) is 5.75 Å². The van der Waals surface area contributed by atoms with E-state index in [9.17, 15) is 5.11 Å². The Bertz CT molecular complexity index is 386. The molecule has 1 fully saturated rings. The van der Waals surface area contributed by atoms with Crippen molar-refractivity contribution >= 4 is 23.4 Å². The number of hydrogen-bond acceptors (Lipinski definition) is 3. The Kier molecular flexibility index (Phi) is 4.60. The first-order valence-electron chi connectivity index (χ1n) is 5.92. The highest BCUT2D eigenvalue weighted by Gasteiger charge is 2.23. The molecule has 0 bridgehead atoms. The van der Waals surface area contributed by atoms with Gasteiger partial charge in [0.15, 0.2) is 0 Å². The van der Waals surface area contributed by atoms with Gasteiger partial charge in [-0.3, -0.25) is 0 Å². The molecule has 1 aromatic rings. The Balaban J connectivity index is 1.88. The van der Waals surface area contributed by atoms with Gasteiger partial charge in [0.25, 0.3) is 0 Å². The predicted molar refractivity (Wildman–Crippen MR) is 74.9 cm³/mol. The molecule has 2 rings (SSSR count). The monoisotopic (exact) mass is 271 g/mol. The van der Waals surface area contributed by atoms with E-state index in [2.05, 4.69) is 11.6 Å². The highest BCUT2D eigenvalue weighted by molar-refractivity contribution is 7.99. The molecule has 94 valence electrons.